The summed E-state index contributed by atoms with van der Waals surface area (Å²) >= 11 is 1.21. The van der Waals surface area contributed by atoms with Crippen LogP contribution in [0.3, 0.4) is 0 Å². The SMILES string of the molecule is OC(Cc1cnsn1)C1CCC1. The second-order valence-electron chi connectivity index (χ2n) is 3.36. The minimum Gasteiger partial charge on any atom is -0.392 e. The number of nitrogens with zero attached hydrogens (tertiary/aromatic N) is 2. The van der Waals surface area contributed by atoms with Crippen molar-refractivity contribution < 1.29 is 5.11 Å². The van der Waals surface area contributed by atoms with Gasteiger partial charge in [-0.3, -0.25) is 0 Å². The molecule has 66 valence electrons. The highest BCUT2D eigenvalue weighted by atomic mass is 32.1. The molecule has 0 bridgehead atoms. The molecule has 1 heterocycles. The Labute approximate surface area is 75.8 Å². The van der Waals surface area contributed by atoms with E-state index in [0.29, 0.717) is 12.3 Å². The van der Waals surface area contributed by atoms with E-state index in [0.717, 1.165) is 5.69 Å². The Bertz CT molecular complexity index is 233. The fraction of sp³-hybridized carbons (Fsp3) is 0.750. The lowest BCUT2D eigenvalue weighted by Crippen LogP contribution is -2.28. The summed E-state index contributed by atoms with van der Waals surface area (Å²) in [6.45, 7) is 0. The smallest absolute Gasteiger partial charge is 0.0768 e. The van der Waals surface area contributed by atoms with Gasteiger partial charge in [0.2, 0.25) is 0 Å². The fourth-order valence-electron chi connectivity index (χ4n) is 1.48. The van der Waals surface area contributed by atoms with E-state index in [1.165, 1.54) is 31.0 Å². The van der Waals surface area contributed by atoms with Gasteiger partial charge in [-0.25, -0.2) is 0 Å². The largest absolute Gasteiger partial charge is 0.392 e. The van der Waals surface area contributed by atoms with Gasteiger partial charge in [0.15, 0.2) is 0 Å². The van der Waals surface area contributed by atoms with E-state index >= 15 is 0 Å². The molecule has 1 unspecified atom stereocenters. The van der Waals surface area contributed by atoms with Crippen LogP contribution >= 0.6 is 11.7 Å². The average Bonchev–Trinajstić information content (AvgIpc) is 2.34. The Balaban J connectivity index is 1.86. The van der Waals surface area contributed by atoms with Gasteiger partial charge in [-0.2, -0.15) is 8.75 Å². The van der Waals surface area contributed by atoms with Crippen LogP contribution in [0.15, 0.2) is 6.20 Å². The molecule has 0 aliphatic heterocycles. The van der Waals surface area contributed by atoms with Crippen LogP contribution in [0.2, 0.25) is 0 Å². The maximum absolute atomic E-state index is 9.68. The van der Waals surface area contributed by atoms with E-state index in [4.69, 9.17) is 0 Å². The highest BCUT2D eigenvalue weighted by Gasteiger charge is 2.25. The molecule has 0 aromatic carbocycles. The molecule has 1 aliphatic carbocycles. The molecule has 2 rings (SSSR count). The zero-order chi connectivity index (χ0) is 8.39. The van der Waals surface area contributed by atoms with Gasteiger partial charge in [-0.15, -0.1) is 0 Å². The molecule has 1 saturated carbocycles. The third kappa shape index (κ3) is 1.64. The lowest BCUT2D eigenvalue weighted by Gasteiger charge is -2.29. The van der Waals surface area contributed by atoms with Gasteiger partial charge < -0.3 is 5.11 Å². The van der Waals surface area contributed by atoms with Gasteiger partial charge in [0.1, 0.15) is 0 Å². The zero-order valence-corrected chi connectivity index (χ0v) is 7.63. The molecule has 1 aromatic rings. The predicted octanol–water partition coefficient (Wildman–Crippen LogP) is 1.24. The molecule has 12 heavy (non-hydrogen) atoms. The number of aliphatic hydroxyl groups is 1. The van der Waals surface area contributed by atoms with Crippen molar-refractivity contribution in [3.05, 3.63) is 11.9 Å². The number of rotatable bonds is 3. The normalized spacial score (nSPS) is 20.4. The second kappa shape index (κ2) is 3.49. The Morgan fingerprint density at radius 3 is 3.00 bits per heavy atom. The van der Waals surface area contributed by atoms with Crippen LogP contribution in [0.1, 0.15) is 25.0 Å². The lowest BCUT2D eigenvalue weighted by atomic mass is 9.80. The maximum atomic E-state index is 9.68. The van der Waals surface area contributed by atoms with Gasteiger partial charge in [0.25, 0.3) is 0 Å². The number of aliphatic hydroxyl groups excluding tert-OH is 1. The van der Waals surface area contributed by atoms with Crippen LogP contribution in [0.25, 0.3) is 0 Å². The molecule has 3 nitrogen and oxygen atoms in total. The standard InChI is InChI=1S/C8H12N2OS/c11-8(6-2-1-3-6)4-7-5-9-12-10-7/h5-6,8,11H,1-4H2. The molecule has 1 aliphatic rings. The summed E-state index contributed by atoms with van der Waals surface area (Å²) in [4.78, 5) is 0. The quantitative estimate of drug-likeness (QED) is 0.768. The molecule has 1 atom stereocenters. The van der Waals surface area contributed by atoms with Crippen molar-refractivity contribution in [2.75, 3.05) is 0 Å². The molecular weight excluding hydrogens is 172 g/mol. The first kappa shape index (κ1) is 8.13. The minimum absolute atomic E-state index is 0.192. The number of hydrogen-bond acceptors (Lipinski definition) is 4. The Hall–Kier alpha value is -0.480. The van der Waals surface area contributed by atoms with Crippen molar-refractivity contribution in [1.82, 2.24) is 8.75 Å². The van der Waals surface area contributed by atoms with Crippen molar-refractivity contribution in [2.45, 2.75) is 31.8 Å². The van der Waals surface area contributed by atoms with Crippen molar-refractivity contribution >= 4 is 11.7 Å². The topological polar surface area (TPSA) is 46.0 Å². The first-order valence-corrected chi connectivity index (χ1v) is 5.04. The van der Waals surface area contributed by atoms with Crippen molar-refractivity contribution in [3.63, 3.8) is 0 Å². The number of aromatic nitrogens is 2. The second-order valence-corrected chi connectivity index (χ2v) is 3.92. The van der Waals surface area contributed by atoms with E-state index in [9.17, 15) is 5.11 Å². The third-order valence-corrected chi connectivity index (χ3v) is 3.04. The Kier molecular flexibility index (Phi) is 2.37. The molecule has 0 spiro atoms. The first-order chi connectivity index (χ1) is 5.86. The summed E-state index contributed by atoms with van der Waals surface area (Å²) in [5, 5.41) is 9.68. The van der Waals surface area contributed by atoms with Crippen LogP contribution in [0, 0.1) is 5.92 Å². The summed E-state index contributed by atoms with van der Waals surface area (Å²) < 4.78 is 7.97. The molecule has 1 fully saturated rings. The van der Waals surface area contributed by atoms with E-state index in [2.05, 4.69) is 8.75 Å². The van der Waals surface area contributed by atoms with Gasteiger partial charge in [0, 0.05) is 6.42 Å². The summed E-state index contributed by atoms with van der Waals surface area (Å²) in [6.07, 6.45) is 5.87. The highest BCUT2D eigenvalue weighted by Crippen LogP contribution is 2.30. The molecule has 4 heteroatoms. The van der Waals surface area contributed by atoms with Crippen molar-refractivity contribution in [3.8, 4) is 0 Å². The van der Waals surface area contributed by atoms with Gasteiger partial charge in [-0.1, -0.05) is 6.42 Å². The molecule has 0 radical (unpaired) electrons. The molecule has 0 amide bonds. The van der Waals surface area contributed by atoms with Gasteiger partial charge in [-0.05, 0) is 18.8 Å². The Morgan fingerprint density at radius 1 is 1.67 bits per heavy atom. The molecular formula is C8H12N2OS. The van der Waals surface area contributed by atoms with Crippen molar-refractivity contribution in [2.24, 2.45) is 5.92 Å². The molecule has 0 saturated heterocycles. The summed E-state index contributed by atoms with van der Waals surface area (Å²) in [5.41, 5.74) is 0.930. The van der Waals surface area contributed by atoms with Gasteiger partial charge in [0.05, 0.1) is 29.7 Å². The van der Waals surface area contributed by atoms with Crippen LogP contribution in [-0.4, -0.2) is 20.0 Å². The molecule has 1 N–H and O–H groups in total. The average molecular weight is 184 g/mol. The van der Waals surface area contributed by atoms with Crippen LogP contribution in [-0.2, 0) is 6.42 Å². The van der Waals surface area contributed by atoms with Crippen molar-refractivity contribution in [1.29, 1.82) is 0 Å². The monoisotopic (exact) mass is 184 g/mol. The van der Waals surface area contributed by atoms with E-state index in [1.54, 1.807) is 6.20 Å². The third-order valence-electron chi connectivity index (χ3n) is 2.52. The Morgan fingerprint density at radius 2 is 2.50 bits per heavy atom. The number of hydrogen-bond donors (Lipinski definition) is 1. The zero-order valence-electron chi connectivity index (χ0n) is 6.81. The summed E-state index contributed by atoms with van der Waals surface area (Å²) in [7, 11) is 0. The summed E-state index contributed by atoms with van der Waals surface area (Å²) in [5.74, 6) is 0.520. The van der Waals surface area contributed by atoms with Crippen LogP contribution < -0.4 is 0 Å². The van der Waals surface area contributed by atoms with Crippen LogP contribution in [0.5, 0.6) is 0 Å². The first-order valence-electron chi connectivity index (χ1n) is 4.31. The van der Waals surface area contributed by atoms with E-state index in [1.807, 2.05) is 0 Å². The fourth-order valence-corrected chi connectivity index (χ4v) is 1.92. The maximum Gasteiger partial charge on any atom is 0.0768 e. The van der Waals surface area contributed by atoms with Crippen LogP contribution in [0.4, 0.5) is 0 Å². The predicted molar refractivity (Wildman–Crippen MR) is 47.0 cm³/mol. The summed E-state index contributed by atoms with van der Waals surface area (Å²) in [6, 6.07) is 0. The van der Waals surface area contributed by atoms with E-state index in [-0.39, 0.29) is 6.10 Å². The highest BCUT2D eigenvalue weighted by molar-refractivity contribution is 6.99. The lowest BCUT2D eigenvalue weighted by molar-refractivity contribution is 0.0624. The van der Waals surface area contributed by atoms with Gasteiger partial charge >= 0.3 is 0 Å². The minimum atomic E-state index is -0.192. The molecule has 1 aromatic heterocycles. The van der Waals surface area contributed by atoms with E-state index < -0.39 is 0 Å².